The molecule has 0 aromatic heterocycles. The summed E-state index contributed by atoms with van der Waals surface area (Å²) in [6.45, 7) is 0.606. The summed E-state index contributed by atoms with van der Waals surface area (Å²) in [5.41, 5.74) is 3.37. The van der Waals surface area contributed by atoms with Gasteiger partial charge in [-0.3, -0.25) is 0 Å². The molecule has 3 aromatic rings. The molecule has 4 rings (SSSR count). The average molecular weight is 316 g/mol. The number of phenols is 1. The minimum absolute atomic E-state index is 0.0244. The molecule has 0 bridgehead atoms. The van der Waals surface area contributed by atoms with E-state index in [0.29, 0.717) is 12.4 Å². The van der Waals surface area contributed by atoms with Crippen molar-refractivity contribution in [2.75, 3.05) is 6.61 Å². The number of aromatic hydroxyl groups is 1. The summed E-state index contributed by atoms with van der Waals surface area (Å²) in [4.78, 5) is 0. The predicted octanol–water partition coefficient (Wildman–Crippen LogP) is 5.17. The first kappa shape index (κ1) is 14.8. The molecule has 1 N–H and O–H groups in total. The highest BCUT2D eigenvalue weighted by atomic mass is 16.5. The predicted molar refractivity (Wildman–Crippen MR) is 96.4 cm³/mol. The topological polar surface area (TPSA) is 29.5 Å². The number of hydrogen-bond donors (Lipinski definition) is 1. The minimum Gasteiger partial charge on any atom is -0.508 e. The molecule has 3 aromatic carbocycles. The molecule has 1 aliphatic carbocycles. The van der Waals surface area contributed by atoms with Gasteiger partial charge in [0.2, 0.25) is 0 Å². The number of para-hydroxylation sites is 1. The second kappa shape index (κ2) is 6.04. The molecule has 24 heavy (non-hydrogen) atoms. The Bertz CT molecular complexity index is 818. The average Bonchev–Trinajstić information content (AvgIpc) is 3.43. The van der Waals surface area contributed by atoms with Crippen molar-refractivity contribution in [2.45, 2.75) is 18.3 Å². The van der Waals surface area contributed by atoms with Gasteiger partial charge in [-0.2, -0.15) is 0 Å². The zero-order valence-electron chi connectivity index (χ0n) is 13.5. The molecule has 0 saturated heterocycles. The molecule has 0 spiro atoms. The summed E-state index contributed by atoms with van der Waals surface area (Å²) in [6.07, 6.45) is 2.12. The molecule has 1 aliphatic rings. The summed E-state index contributed by atoms with van der Waals surface area (Å²) in [5.74, 6) is 1.24. The summed E-state index contributed by atoms with van der Waals surface area (Å²) in [7, 11) is 0. The van der Waals surface area contributed by atoms with Crippen LogP contribution in [-0.2, 0) is 5.41 Å². The summed E-state index contributed by atoms with van der Waals surface area (Å²) >= 11 is 0. The molecule has 120 valence electrons. The van der Waals surface area contributed by atoms with E-state index in [9.17, 15) is 5.11 Å². The second-order valence-electron chi connectivity index (χ2n) is 6.48. The van der Waals surface area contributed by atoms with Crippen molar-refractivity contribution in [2.24, 2.45) is 0 Å². The quantitative estimate of drug-likeness (QED) is 0.703. The van der Waals surface area contributed by atoms with Gasteiger partial charge in [0, 0.05) is 11.0 Å². The van der Waals surface area contributed by atoms with E-state index < -0.39 is 0 Å². The molecular weight excluding hydrogens is 296 g/mol. The van der Waals surface area contributed by atoms with Gasteiger partial charge in [0.05, 0.1) is 6.61 Å². The van der Waals surface area contributed by atoms with Gasteiger partial charge in [-0.05, 0) is 42.2 Å². The smallest absolute Gasteiger partial charge is 0.119 e. The number of ether oxygens (including phenoxy) is 1. The number of hydrogen-bond acceptors (Lipinski definition) is 2. The minimum atomic E-state index is -0.0244. The Kier molecular flexibility index (Phi) is 3.73. The van der Waals surface area contributed by atoms with Crippen LogP contribution in [0.5, 0.6) is 11.5 Å². The highest BCUT2D eigenvalue weighted by Crippen LogP contribution is 2.51. The van der Waals surface area contributed by atoms with Gasteiger partial charge in [0.1, 0.15) is 11.5 Å². The third-order valence-corrected chi connectivity index (χ3v) is 4.81. The number of phenolic OH excluding ortho intramolecular Hbond substituents is 1. The van der Waals surface area contributed by atoms with Gasteiger partial charge in [0.25, 0.3) is 0 Å². The van der Waals surface area contributed by atoms with E-state index in [4.69, 9.17) is 4.74 Å². The van der Waals surface area contributed by atoms with E-state index in [1.807, 2.05) is 48.5 Å². The normalized spacial score (nSPS) is 15.0. The van der Waals surface area contributed by atoms with Crippen molar-refractivity contribution in [1.29, 1.82) is 0 Å². The van der Waals surface area contributed by atoms with Crippen molar-refractivity contribution in [3.05, 3.63) is 84.4 Å². The van der Waals surface area contributed by atoms with Crippen molar-refractivity contribution < 1.29 is 9.84 Å². The maximum absolute atomic E-state index is 10.1. The van der Waals surface area contributed by atoms with Gasteiger partial charge in [-0.15, -0.1) is 0 Å². The molecule has 2 nitrogen and oxygen atoms in total. The van der Waals surface area contributed by atoms with Gasteiger partial charge in [0.15, 0.2) is 0 Å². The molecule has 0 heterocycles. The maximum atomic E-state index is 10.1. The lowest BCUT2D eigenvalue weighted by atomic mass is 9.96. The summed E-state index contributed by atoms with van der Waals surface area (Å²) in [6, 6.07) is 26.1. The summed E-state index contributed by atoms with van der Waals surface area (Å²) < 4.78 is 6.02. The van der Waals surface area contributed by atoms with Crippen molar-refractivity contribution in [1.82, 2.24) is 0 Å². The SMILES string of the molecule is Oc1ccccc1C1(COc2ccc(-c3ccccc3)cc2)CC1. The van der Waals surface area contributed by atoms with Crippen molar-refractivity contribution >= 4 is 0 Å². The number of rotatable bonds is 5. The van der Waals surface area contributed by atoms with Crippen LogP contribution in [0.3, 0.4) is 0 Å². The molecule has 0 unspecified atom stereocenters. The van der Waals surface area contributed by atoms with Crippen LogP contribution in [-0.4, -0.2) is 11.7 Å². The Hall–Kier alpha value is -2.74. The fourth-order valence-electron chi connectivity index (χ4n) is 3.16. The lowest BCUT2D eigenvalue weighted by molar-refractivity contribution is 0.274. The van der Waals surface area contributed by atoms with Gasteiger partial charge < -0.3 is 9.84 Å². The monoisotopic (exact) mass is 316 g/mol. The maximum Gasteiger partial charge on any atom is 0.119 e. The molecular formula is C22H20O2. The standard InChI is InChI=1S/C22H20O2/c23-21-9-5-4-8-20(21)22(14-15-22)16-24-19-12-10-18(11-13-19)17-6-2-1-3-7-17/h1-13,23H,14-16H2. The van der Waals surface area contributed by atoms with Crippen molar-refractivity contribution in [3.63, 3.8) is 0 Å². The first-order valence-electron chi connectivity index (χ1n) is 8.34. The van der Waals surface area contributed by atoms with E-state index in [2.05, 4.69) is 24.3 Å². The Labute approximate surface area is 142 Å². The van der Waals surface area contributed by atoms with Crippen LogP contribution in [0.4, 0.5) is 0 Å². The number of benzene rings is 3. The fourth-order valence-corrected chi connectivity index (χ4v) is 3.16. The van der Waals surface area contributed by atoms with Crippen LogP contribution in [0.25, 0.3) is 11.1 Å². The lowest BCUT2D eigenvalue weighted by Crippen LogP contribution is -2.17. The zero-order valence-corrected chi connectivity index (χ0v) is 13.5. The molecule has 2 heteroatoms. The van der Waals surface area contributed by atoms with Crippen LogP contribution in [0.15, 0.2) is 78.9 Å². The van der Waals surface area contributed by atoms with Crippen LogP contribution in [0.2, 0.25) is 0 Å². The molecule has 0 aliphatic heterocycles. The molecule has 0 atom stereocenters. The third-order valence-electron chi connectivity index (χ3n) is 4.81. The van der Waals surface area contributed by atoms with E-state index in [1.54, 1.807) is 6.07 Å². The van der Waals surface area contributed by atoms with Gasteiger partial charge in [-0.1, -0.05) is 60.7 Å². The highest BCUT2D eigenvalue weighted by Gasteiger charge is 2.46. The van der Waals surface area contributed by atoms with Crippen LogP contribution >= 0.6 is 0 Å². The van der Waals surface area contributed by atoms with E-state index in [0.717, 1.165) is 24.2 Å². The Balaban J connectivity index is 1.46. The lowest BCUT2D eigenvalue weighted by Gasteiger charge is -2.18. The van der Waals surface area contributed by atoms with Crippen LogP contribution in [0, 0.1) is 0 Å². The second-order valence-corrected chi connectivity index (χ2v) is 6.48. The largest absolute Gasteiger partial charge is 0.508 e. The fraction of sp³-hybridized carbons (Fsp3) is 0.182. The molecule has 0 amide bonds. The Morgan fingerprint density at radius 2 is 1.38 bits per heavy atom. The van der Waals surface area contributed by atoms with Gasteiger partial charge in [-0.25, -0.2) is 0 Å². The van der Waals surface area contributed by atoms with Crippen molar-refractivity contribution in [3.8, 4) is 22.6 Å². The first-order chi connectivity index (χ1) is 11.8. The Morgan fingerprint density at radius 1 is 0.750 bits per heavy atom. The van der Waals surface area contributed by atoms with E-state index >= 15 is 0 Å². The zero-order chi connectivity index (χ0) is 16.4. The highest BCUT2D eigenvalue weighted by molar-refractivity contribution is 5.63. The first-order valence-corrected chi connectivity index (χ1v) is 8.34. The molecule has 0 radical (unpaired) electrons. The third kappa shape index (κ3) is 2.88. The Morgan fingerprint density at radius 3 is 2.04 bits per heavy atom. The van der Waals surface area contributed by atoms with E-state index in [-0.39, 0.29) is 5.41 Å². The molecule has 1 fully saturated rings. The van der Waals surface area contributed by atoms with Crippen LogP contribution < -0.4 is 4.74 Å². The van der Waals surface area contributed by atoms with Gasteiger partial charge >= 0.3 is 0 Å². The van der Waals surface area contributed by atoms with Crippen LogP contribution in [0.1, 0.15) is 18.4 Å². The summed E-state index contributed by atoms with van der Waals surface area (Å²) in [5, 5.41) is 10.1. The molecule has 1 saturated carbocycles. The van der Waals surface area contributed by atoms with E-state index in [1.165, 1.54) is 11.1 Å².